The second-order valence-corrected chi connectivity index (χ2v) is 5.29. The van der Waals surface area contributed by atoms with E-state index < -0.39 is 4.92 Å². The number of hydrogen-bond donors (Lipinski definition) is 1. The Balaban J connectivity index is 2.10. The summed E-state index contributed by atoms with van der Waals surface area (Å²) in [7, 11) is 0. The number of nitro groups is 1. The average molecular weight is 324 g/mol. The first-order chi connectivity index (χ1) is 10.1. The van der Waals surface area contributed by atoms with E-state index in [1.54, 1.807) is 0 Å². The maximum absolute atomic E-state index is 10.6. The van der Waals surface area contributed by atoms with E-state index >= 15 is 0 Å². The Morgan fingerprint density at radius 1 is 1.43 bits per heavy atom. The van der Waals surface area contributed by atoms with E-state index in [0.29, 0.717) is 5.75 Å². The van der Waals surface area contributed by atoms with Crippen LogP contribution in [0.15, 0.2) is 29.6 Å². The van der Waals surface area contributed by atoms with Crippen molar-refractivity contribution in [3.05, 3.63) is 55.2 Å². The summed E-state index contributed by atoms with van der Waals surface area (Å²) in [5.41, 5.74) is 0.699. The van der Waals surface area contributed by atoms with Gasteiger partial charge in [0.15, 0.2) is 0 Å². The van der Waals surface area contributed by atoms with Gasteiger partial charge < -0.3 is 9.84 Å². The lowest BCUT2D eigenvalue weighted by atomic mass is 10.2. The zero-order valence-electron chi connectivity index (χ0n) is 10.7. The van der Waals surface area contributed by atoms with Crippen LogP contribution < -0.4 is 4.74 Å². The minimum absolute atomic E-state index is 0.0852. The number of thiophene rings is 1. The van der Waals surface area contributed by atoms with Crippen molar-refractivity contribution in [2.75, 3.05) is 6.61 Å². The highest BCUT2D eigenvalue weighted by atomic mass is 35.5. The van der Waals surface area contributed by atoms with Crippen molar-refractivity contribution in [2.45, 2.75) is 6.61 Å². The molecule has 0 unspecified atom stereocenters. The van der Waals surface area contributed by atoms with E-state index in [9.17, 15) is 10.1 Å². The first-order valence-corrected chi connectivity index (χ1v) is 7.10. The van der Waals surface area contributed by atoms with Crippen molar-refractivity contribution in [1.82, 2.24) is 0 Å². The van der Waals surface area contributed by atoms with E-state index in [2.05, 4.69) is 11.8 Å². The molecule has 21 heavy (non-hydrogen) atoms. The van der Waals surface area contributed by atoms with Crippen LogP contribution in [-0.2, 0) is 6.61 Å². The van der Waals surface area contributed by atoms with Gasteiger partial charge in [0, 0.05) is 17.7 Å². The number of benzene rings is 1. The molecule has 5 nitrogen and oxygen atoms in total. The Labute approximate surface area is 129 Å². The highest BCUT2D eigenvalue weighted by molar-refractivity contribution is 7.10. The van der Waals surface area contributed by atoms with Crippen LogP contribution in [0.25, 0.3) is 0 Å². The number of nitrogens with zero attached hydrogens (tertiary/aromatic N) is 1. The van der Waals surface area contributed by atoms with E-state index in [1.165, 1.54) is 29.5 Å². The van der Waals surface area contributed by atoms with Gasteiger partial charge in [0.05, 0.1) is 14.8 Å². The normalized spacial score (nSPS) is 9.81. The maximum Gasteiger partial charge on any atom is 0.271 e. The third-order valence-corrected chi connectivity index (χ3v) is 3.72. The quantitative estimate of drug-likeness (QED) is 0.532. The van der Waals surface area contributed by atoms with Gasteiger partial charge in [0.2, 0.25) is 0 Å². The molecule has 0 fully saturated rings. The number of nitro benzene ring substituents is 1. The lowest BCUT2D eigenvalue weighted by molar-refractivity contribution is -0.384. The molecule has 1 aromatic heterocycles. The summed E-state index contributed by atoms with van der Waals surface area (Å²) in [5, 5.41) is 21.4. The van der Waals surface area contributed by atoms with Crippen LogP contribution in [-0.4, -0.2) is 16.6 Å². The molecule has 0 radical (unpaired) electrons. The largest absolute Gasteiger partial charge is 0.486 e. The fraction of sp³-hybridized carbons (Fsp3) is 0.143. The number of aliphatic hydroxyl groups excluding tert-OH is 1. The van der Waals surface area contributed by atoms with Crippen LogP contribution in [0.5, 0.6) is 5.75 Å². The Morgan fingerprint density at radius 3 is 2.90 bits per heavy atom. The first kappa shape index (κ1) is 15.3. The average Bonchev–Trinajstić information content (AvgIpc) is 2.91. The van der Waals surface area contributed by atoms with Crippen molar-refractivity contribution in [2.24, 2.45) is 0 Å². The zero-order chi connectivity index (χ0) is 15.2. The fourth-order valence-electron chi connectivity index (χ4n) is 1.56. The van der Waals surface area contributed by atoms with Crippen LogP contribution in [0.4, 0.5) is 5.69 Å². The second-order valence-electron chi connectivity index (χ2n) is 3.88. The Kier molecular flexibility index (Phi) is 5.17. The molecule has 0 aliphatic heterocycles. The molecular formula is C14H10ClNO4S. The van der Waals surface area contributed by atoms with Crippen LogP contribution in [0.3, 0.4) is 0 Å². The molecule has 0 aliphatic carbocycles. The van der Waals surface area contributed by atoms with Gasteiger partial charge in [-0.25, -0.2) is 0 Å². The Bertz CT molecular complexity index is 717. The van der Waals surface area contributed by atoms with E-state index in [4.69, 9.17) is 21.4 Å². The minimum Gasteiger partial charge on any atom is -0.486 e. The summed E-state index contributed by atoms with van der Waals surface area (Å²) in [6.45, 7) is 0.0506. The molecule has 0 amide bonds. The van der Waals surface area contributed by atoms with Crippen molar-refractivity contribution < 1.29 is 14.8 Å². The standard InChI is InChI=1S/C14H10ClNO4S/c15-12-8-11(16(18)19)3-4-13(12)20-9-14-10(2-1-6-17)5-7-21-14/h3-5,7-8,17H,6,9H2. The molecular weight excluding hydrogens is 314 g/mol. The third-order valence-electron chi connectivity index (χ3n) is 2.53. The molecule has 7 heteroatoms. The van der Waals surface area contributed by atoms with Gasteiger partial charge in [-0.2, -0.15) is 0 Å². The fourth-order valence-corrected chi connectivity index (χ4v) is 2.53. The van der Waals surface area contributed by atoms with Crippen molar-refractivity contribution in [3.8, 4) is 17.6 Å². The number of aliphatic hydroxyl groups is 1. The predicted molar refractivity (Wildman–Crippen MR) is 80.7 cm³/mol. The first-order valence-electron chi connectivity index (χ1n) is 5.84. The molecule has 0 aliphatic rings. The zero-order valence-corrected chi connectivity index (χ0v) is 12.3. The molecule has 2 rings (SSSR count). The summed E-state index contributed by atoms with van der Waals surface area (Å²) >= 11 is 7.42. The lowest BCUT2D eigenvalue weighted by Crippen LogP contribution is -1.96. The van der Waals surface area contributed by atoms with Gasteiger partial charge in [-0.1, -0.05) is 23.4 Å². The topological polar surface area (TPSA) is 72.6 Å². The molecule has 1 aromatic carbocycles. The summed E-state index contributed by atoms with van der Waals surface area (Å²) in [5.74, 6) is 5.77. The number of rotatable bonds is 4. The van der Waals surface area contributed by atoms with Crippen molar-refractivity contribution >= 4 is 28.6 Å². The Morgan fingerprint density at radius 2 is 2.24 bits per heavy atom. The molecule has 2 aromatic rings. The molecule has 0 atom stereocenters. The van der Waals surface area contributed by atoms with Gasteiger partial charge in [-0.15, -0.1) is 11.3 Å². The Hall–Kier alpha value is -2.07. The molecule has 0 spiro atoms. The predicted octanol–water partition coefficient (Wildman–Crippen LogP) is 3.23. The highest BCUT2D eigenvalue weighted by Crippen LogP contribution is 2.30. The van der Waals surface area contributed by atoms with E-state index in [-0.39, 0.29) is 23.9 Å². The highest BCUT2D eigenvalue weighted by Gasteiger charge is 2.11. The maximum atomic E-state index is 10.6. The summed E-state index contributed by atoms with van der Waals surface area (Å²) in [6.07, 6.45) is 0. The molecule has 1 N–H and O–H groups in total. The number of hydrogen-bond acceptors (Lipinski definition) is 5. The smallest absolute Gasteiger partial charge is 0.271 e. The molecule has 108 valence electrons. The number of ether oxygens (including phenoxy) is 1. The van der Waals surface area contributed by atoms with Crippen molar-refractivity contribution in [3.63, 3.8) is 0 Å². The van der Waals surface area contributed by atoms with Gasteiger partial charge >= 0.3 is 0 Å². The van der Waals surface area contributed by atoms with Crippen LogP contribution in [0.1, 0.15) is 10.4 Å². The minimum atomic E-state index is -0.516. The van der Waals surface area contributed by atoms with Crippen LogP contribution in [0.2, 0.25) is 5.02 Å². The molecule has 0 saturated heterocycles. The lowest BCUT2D eigenvalue weighted by Gasteiger charge is -2.07. The third kappa shape index (κ3) is 3.95. The second kappa shape index (κ2) is 7.09. The number of halogens is 1. The van der Waals surface area contributed by atoms with Gasteiger partial charge in [-0.05, 0) is 17.5 Å². The van der Waals surface area contributed by atoms with Crippen LogP contribution in [0, 0.1) is 22.0 Å². The molecule has 1 heterocycles. The molecule has 0 bridgehead atoms. The van der Waals surface area contributed by atoms with E-state index in [0.717, 1.165) is 10.4 Å². The van der Waals surface area contributed by atoms with Crippen molar-refractivity contribution in [1.29, 1.82) is 0 Å². The van der Waals surface area contributed by atoms with Gasteiger partial charge in [0.25, 0.3) is 5.69 Å². The molecule has 0 saturated carbocycles. The summed E-state index contributed by atoms with van der Waals surface area (Å²) in [4.78, 5) is 11.0. The summed E-state index contributed by atoms with van der Waals surface area (Å²) in [6, 6.07) is 5.89. The van der Waals surface area contributed by atoms with Gasteiger partial charge in [-0.3, -0.25) is 10.1 Å². The van der Waals surface area contributed by atoms with E-state index in [1.807, 2.05) is 11.4 Å². The SMILES string of the molecule is O=[N+]([O-])c1ccc(OCc2sccc2C#CCO)c(Cl)c1. The van der Waals surface area contributed by atoms with Gasteiger partial charge in [0.1, 0.15) is 19.0 Å². The van der Waals surface area contributed by atoms with Crippen LogP contribution >= 0.6 is 22.9 Å². The number of non-ortho nitro benzene ring substituents is 1. The monoisotopic (exact) mass is 323 g/mol. The summed E-state index contributed by atoms with van der Waals surface area (Å²) < 4.78 is 5.56.